The molecular weight excluding hydrogens is 433 g/mol. The fourth-order valence-electron chi connectivity index (χ4n) is 3.12. The van der Waals surface area contributed by atoms with Crippen molar-refractivity contribution in [2.45, 2.75) is 46.1 Å². The minimum Gasteiger partial charge on any atom is -0.469 e. The fourth-order valence-corrected chi connectivity index (χ4v) is 3.88. The lowest BCUT2D eigenvalue weighted by atomic mass is 10.3. The fraction of sp³-hybridized carbons (Fsp3) is 0.667. The lowest BCUT2D eigenvalue weighted by molar-refractivity contribution is -0.140. The Bertz CT molecular complexity index is 916. The summed E-state index contributed by atoms with van der Waals surface area (Å²) in [4.78, 5) is 45.2. The Morgan fingerprint density at radius 1 is 1.17 bits per heavy atom. The average molecular weight is 462 g/mol. The standard InChI is InChI=1S/C18H29ClN5O5P/c1-4-13-20-17(19)16-18(21-13)24(14(5-2)22-16)10-9-23(11-12-30(26,27)28)8-6-7-15(25)29-3/h4-12H2,1-3H3,(H2,26,27,28). The maximum absolute atomic E-state index is 11.4. The number of hydrogen-bond acceptors (Lipinski definition) is 7. The zero-order valence-corrected chi connectivity index (χ0v) is 19.2. The summed E-state index contributed by atoms with van der Waals surface area (Å²) >= 11 is 6.29. The van der Waals surface area contributed by atoms with Crippen LogP contribution in [0, 0.1) is 0 Å². The highest BCUT2D eigenvalue weighted by Crippen LogP contribution is 2.33. The molecule has 2 heterocycles. The van der Waals surface area contributed by atoms with E-state index in [1.54, 1.807) is 0 Å². The quantitative estimate of drug-likeness (QED) is 0.277. The molecule has 0 saturated heterocycles. The van der Waals surface area contributed by atoms with Crippen LogP contribution in [0.4, 0.5) is 0 Å². The number of aromatic nitrogens is 4. The number of imidazole rings is 1. The van der Waals surface area contributed by atoms with E-state index in [9.17, 15) is 19.1 Å². The summed E-state index contributed by atoms with van der Waals surface area (Å²) in [7, 11) is -2.79. The summed E-state index contributed by atoms with van der Waals surface area (Å²) in [6, 6.07) is 0. The minimum atomic E-state index is -4.12. The second-order valence-corrected chi connectivity index (χ2v) is 9.03. The van der Waals surface area contributed by atoms with Crippen molar-refractivity contribution in [1.29, 1.82) is 0 Å². The van der Waals surface area contributed by atoms with Crippen molar-refractivity contribution in [1.82, 2.24) is 24.4 Å². The molecule has 0 aliphatic heterocycles. The van der Waals surface area contributed by atoms with Crippen LogP contribution in [-0.4, -0.2) is 73.1 Å². The molecule has 0 bridgehead atoms. The third-order valence-electron chi connectivity index (χ3n) is 4.74. The maximum Gasteiger partial charge on any atom is 0.326 e. The highest BCUT2D eigenvalue weighted by molar-refractivity contribution is 7.51. The Kier molecular flexibility index (Phi) is 9.18. The van der Waals surface area contributed by atoms with Crippen molar-refractivity contribution in [3.8, 4) is 0 Å². The smallest absolute Gasteiger partial charge is 0.326 e. The predicted molar refractivity (Wildman–Crippen MR) is 114 cm³/mol. The van der Waals surface area contributed by atoms with E-state index in [2.05, 4.69) is 19.7 Å². The second-order valence-electron chi connectivity index (χ2n) is 6.90. The van der Waals surface area contributed by atoms with Crippen LogP contribution in [-0.2, 0) is 33.5 Å². The number of halogens is 1. The van der Waals surface area contributed by atoms with E-state index in [1.165, 1.54) is 7.11 Å². The number of hydrogen-bond donors (Lipinski definition) is 2. The zero-order chi connectivity index (χ0) is 22.3. The van der Waals surface area contributed by atoms with Crippen molar-refractivity contribution in [2.24, 2.45) is 0 Å². The number of aryl methyl sites for hydroxylation is 2. The van der Waals surface area contributed by atoms with E-state index in [1.807, 2.05) is 23.3 Å². The van der Waals surface area contributed by atoms with Gasteiger partial charge in [0.25, 0.3) is 0 Å². The molecule has 168 valence electrons. The van der Waals surface area contributed by atoms with E-state index in [0.717, 1.165) is 5.82 Å². The molecule has 0 unspecified atom stereocenters. The van der Waals surface area contributed by atoms with E-state index in [4.69, 9.17) is 11.6 Å². The highest BCUT2D eigenvalue weighted by atomic mass is 35.5. The van der Waals surface area contributed by atoms with Crippen LogP contribution in [0.1, 0.15) is 38.3 Å². The first-order valence-corrected chi connectivity index (χ1v) is 12.1. The van der Waals surface area contributed by atoms with Gasteiger partial charge in [-0.05, 0) is 13.0 Å². The second kappa shape index (κ2) is 11.2. The van der Waals surface area contributed by atoms with Crippen LogP contribution in [0.3, 0.4) is 0 Å². The van der Waals surface area contributed by atoms with Crippen LogP contribution in [0.25, 0.3) is 11.2 Å². The van der Waals surface area contributed by atoms with E-state index in [-0.39, 0.29) is 25.1 Å². The van der Waals surface area contributed by atoms with Crippen molar-refractivity contribution in [3.05, 3.63) is 16.8 Å². The molecule has 0 aliphatic carbocycles. The molecule has 2 rings (SSSR count). The first kappa shape index (κ1) is 24.7. The Morgan fingerprint density at radius 3 is 2.50 bits per heavy atom. The van der Waals surface area contributed by atoms with Gasteiger partial charge in [0.2, 0.25) is 0 Å². The van der Waals surface area contributed by atoms with Crippen LogP contribution in [0.2, 0.25) is 5.15 Å². The summed E-state index contributed by atoms with van der Waals surface area (Å²) in [6.07, 6.45) is 1.86. The normalized spacial score (nSPS) is 12.1. The predicted octanol–water partition coefficient (Wildman–Crippen LogP) is 2.04. The SMILES string of the molecule is CCc1nc(Cl)c2nc(CC)n(CCN(CCCC(=O)OC)CCP(=O)(O)O)c2n1. The summed E-state index contributed by atoms with van der Waals surface area (Å²) in [5, 5.41) is 0.321. The van der Waals surface area contributed by atoms with Gasteiger partial charge >= 0.3 is 13.6 Å². The molecule has 0 saturated carbocycles. The molecule has 0 fully saturated rings. The molecule has 2 N–H and O–H groups in total. The van der Waals surface area contributed by atoms with Gasteiger partial charge in [-0.15, -0.1) is 0 Å². The summed E-state index contributed by atoms with van der Waals surface area (Å²) in [6.45, 7) is 5.71. The Balaban J connectivity index is 2.19. The molecule has 2 aromatic rings. The zero-order valence-electron chi connectivity index (χ0n) is 17.5. The van der Waals surface area contributed by atoms with Crippen LogP contribution < -0.4 is 0 Å². The van der Waals surface area contributed by atoms with Gasteiger partial charge in [-0.3, -0.25) is 9.36 Å². The first-order valence-electron chi connectivity index (χ1n) is 9.93. The van der Waals surface area contributed by atoms with Gasteiger partial charge in [0.1, 0.15) is 17.2 Å². The molecule has 0 spiro atoms. The lowest BCUT2D eigenvalue weighted by Crippen LogP contribution is -2.32. The van der Waals surface area contributed by atoms with Crippen LogP contribution in [0.5, 0.6) is 0 Å². The first-order chi connectivity index (χ1) is 14.2. The Morgan fingerprint density at radius 2 is 1.90 bits per heavy atom. The number of carbonyl (C=O) groups is 1. The lowest BCUT2D eigenvalue weighted by Gasteiger charge is -2.23. The minimum absolute atomic E-state index is 0.218. The molecule has 0 amide bonds. The molecule has 2 aromatic heterocycles. The number of ether oxygens (including phenoxy) is 1. The van der Waals surface area contributed by atoms with E-state index >= 15 is 0 Å². The van der Waals surface area contributed by atoms with Gasteiger partial charge in [-0.1, -0.05) is 25.4 Å². The van der Waals surface area contributed by atoms with E-state index in [0.29, 0.717) is 61.0 Å². The number of methoxy groups -OCH3 is 1. The Labute approximate surface area is 180 Å². The molecule has 0 atom stereocenters. The molecule has 30 heavy (non-hydrogen) atoms. The maximum atomic E-state index is 11.4. The van der Waals surface area contributed by atoms with Crippen molar-refractivity contribution in [3.63, 3.8) is 0 Å². The number of esters is 1. The molecule has 0 radical (unpaired) electrons. The molecule has 10 nitrogen and oxygen atoms in total. The van der Waals surface area contributed by atoms with Gasteiger partial charge < -0.3 is 24.0 Å². The average Bonchev–Trinajstić information content (AvgIpc) is 3.06. The number of nitrogens with zero attached hydrogens (tertiary/aromatic N) is 5. The number of carbonyl (C=O) groups excluding carboxylic acids is 1. The summed E-state index contributed by atoms with van der Waals surface area (Å²) in [5.74, 6) is 1.14. The van der Waals surface area contributed by atoms with Gasteiger partial charge in [-0.2, -0.15) is 0 Å². The van der Waals surface area contributed by atoms with E-state index < -0.39 is 7.60 Å². The highest BCUT2D eigenvalue weighted by Gasteiger charge is 2.19. The number of fused-ring (bicyclic) bond motifs is 1. The number of rotatable bonds is 12. The van der Waals surface area contributed by atoms with Crippen LogP contribution >= 0.6 is 19.2 Å². The molecule has 12 heteroatoms. The summed E-state index contributed by atoms with van der Waals surface area (Å²) < 4.78 is 18.0. The molecule has 0 aromatic carbocycles. The van der Waals surface area contributed by atoms with Gasteiger partial charge in [0.15, 0.2) is 10.8 Å². The monoisotopic (exact) mass is 461 g/mol. The van der Waals surface area contributed by atoms with Crippen molar-refractivity contribution < 1.29 is 23.9 Å². The van der Waals surface area contributed by atoms with Gasteiger partial charge in [0, 0.05) is 38.9 Å². The third kappa shape index (κ3) is 6.99. The molecular formula is C18H29ClN5O5P. The van der Waals surface area contributed by atoms with Crippen molar-refractivity contribution >= 4 is 36.3 Å². The van der Waals surface area contributed by atoms with Crippen LogP contribution in [0.15, 0.2) is 0 Å². The largest absolute Gasteiger partial charge is 0.469 e. The summed E-state index contributed by atoms with van der Waals surface area (Å²) in [5.41, 5.74) is 1.21. The topological polar surface area (TPSA) is 131 Å². The Hall–Kier alpha value is -1.58. The van der Waals surface area contributed by atoms with Crippen molar-refractivity contribution in [2.75, 3.05) is 32.9 Å². The third-order valence-corrected chi connectivity index (χ3v) is 5.79. The molecule has 0 aliphatic rings. The van der Waals surface area contributed by atoms with Gasteiger partial charge in [0.05, 0.1) is 13.3 Å². The van der Waals surface area contributed by atoms with Gasteiger partial charge in [-0.25, -0.2) is 15.0 Å².